The summed E-state index contributed by atoms with van der Waals surface area (Å²) in [7, 11) is 2.18. The molecule has 5 rings (SSSR count). The normalized spacial score (nSPS) is 21.3. The lowest BCUT2D eigenvalue weighted by atomic mass is 10.00. The summed E-state index contributed by atoms with van der Waals surface area (Å²) in [6.07, 6.45) is 4.02. The number of anilines is 1. The second-order valence-corrected chi connectivity index (χ2v) is 10.0. The molecule has 0 aliphatic carbocycles. The molecular formula is C24H31N7S. The van der Waals surface area contributed by atoms with E-state index in [-0.39, 0.29) is 6.17 Å². The Bertz CT molecular complexity index is 1030. The topological polar surface area (TPSA) is 75.1 Å². The third-order valence-corrected chi connectivity index (χ3v) is 8.01. The van der Waals surface area contributed by atoms with Gasteiger partial charge >= 0.3 is 0 Å². The lowest BCUT2D eigenvalue weighted by molar-refractivity contribution is 0.234. The lowest BCUT2D eigenvalue weighted by Gasteiger charge is -2.37. The predicted octanol–water partition coefficient (Wildman–Crippen LogP) is 2.75. The number of benzene rings is 1. The summed E-state index contributed by atoms with van der Waals surface area (Å²) in [6.45, 7) is 8.06. The largest absolute Gasteiger partial charge is 0.368 e. The number of hydrogen-bond acceptors (Lipinski definition) is 8. The van der Waals surface area contributed by atoms with Crippen molar-refractivity contribution in [1.82, 2.24) is 14.7 Å². The van der Waals surface area contributed by atoms with Crippen LogP contribution in [0.25, 0.3) is 0 Å². The van der Waals surface area contributed by atoms with Gasteiger partial charge in [0.25, 0.3) is 0 Å². The monoisotopic (exact) mass is 449 g/mol. The van der Waals surface area contributed by atoms with Crippen molar-refractivity contribution in [3.8, 4) is 6.07 Å². The van der Waals surface area contributed by atoms with Crippen LogP contribution in [0.15, 0.2) is 29.3 Å². The van der Waals surface area contributed by atoms with Crippen molar-refractivity contribution >= 4 is 28.4 Å². The van der Waals surface area contributed by atoms with Crippen LogP contribution in [-0.4, -0.2) is 73.9 Å². The zero-order chi connectivity index (χ0) is 22.1. The van der Waals surface area contributed by atoms with Crippen molar-refractivity contribution in [3.05, 3.63) is 45.8 Å². The number of nitrogens with two attached hydrogens (primary N) is 1. The van der Waals surface area contributed by atoms with E-state index in [0.717, 1.165) is 81.5 Å². The number of likely N-dealkylation sites (N-methyl/N-ethyl adjacent to an activating group) is 1. The van der Waals surface area contributed by atoms with E-state index < -0.39 is 0 Å². The zero-order valence-corrected chi connectivity index (χ0v) is 19.5. The van der Waals surface area contributed by atoms with Crippen LogP contribution in [-0.2, 0) is 13.0 Å². The van der Waals surface area contributed by atoms with Crippen molar-refractivity contribution < 1.29 is 0 Å². The van der Waals surface area contributed by atoms with Crippen molar-refractivity contribution in [1.29, 1.82) is 5.26 Å². The Morgan fingerprint density at radius 3 is 2.78 bits per heavy atom. The van der Waals surface area contributed by atoms with E-state index in [1.165, 1.54) is 16.0 Å². The minimum absolute atomic E-state index is 0.0785. The summed E-state index contributed by atoms with van der Waals surface area (Å²) >= 11 is 1.82. The number of aliphatic imine (C=N–C) groups is 1. The predicted molar refractivity (Wildman–Crippen MR) is 131 cm³/mol. The summed E-state index contributed by atoms with van der Waals surface area (Å²) < 4.78 is 0. The Morgan fingerprint density at radius 1 is 1.16 bits per heavy atom. The molecule has 0 saturated carbocycles. The number of hydrogen-bond donors (Lipinski definition) is 1. The van der Waals surface area contributed by atoms with Gasteiger partial charge in [-0.1, -0.05) is 12.1 Å². The van der Waals surface area contributed by atoms with Crippen LogP contribution < -0.4 is 10.6 Å². The lowest BCUT2D eigenvalue weighted by Crippen LogP contribution is -2.47. The van der Waals surface area contributed by atoms with E-state index in [1.54, 1.807) is 0 Å². The molecule has 1 saturated heterocycles. The summed E-state index contributed by atoms with van der Waals surface area (Å²) in [5, 5.41) is 10.5. The van der Waals surface area contributed by atoms with Crippen molar-refractivity contribution in [2.45, 2.75) is 25.6 Å². The maximum atomic E-state index is 9.37. The molecule has 0 radical (unpaired) electrons. The molecule has 2 aromatic rings. The first-order chi connectivity index (χ1) is 15.6. The van der Waals surface area contributed by atoms with E-state index in [2.05, 4.69) is 38.8 Å². The van der Waals surface area contributed by atoms with Gasteiger partial charge in [-0.15, -0.1) is 11.3 Å². The minimum Gasteiger partial charge on any atom is -0.368 e. The van der Waals surface area contributed by atoms with Gasteiger partial charge in [-0.25, -0.2) is 4.99 Å². The zero-order valence-electron chi connectivity index (χ0n) is 18.7. The number of fused-ring (bicyclic) bond motifs is 3. The van der Waals surface area contributed by atoms with Crippen molar-refractivity contribution in [2.24, 2.45) is 10.7 Å². The second-order valence-electron chi connectivity index (χ2n) is 8.95. The third-order valence-electron chi connectivity index (χ3n) is 6.87. The first-order valence-electron chi connectivity index (χ1n) is 11.5. The molecule has 1 fully saturated rings. The van der Waals surface area contributed by atoms with Gasteiger partial charge in [-0.05, 0) is 44.1 Å². The van der Waals surface area contributed by atoms with E-state index in [1.807, 2.05) is 35.9 Å². The van der Waals surface area contributed by atoms with E-state index in [4.69, 9.17) is 10.7 Å². The van der Waals surface area contributed by atoms with Gasteiger partial charge in [-0.2, -0.15) is 5.26 Å². The average Bonchev–Trinajstić information content (AvgIpc) is 3.19. The number of rotatable bonds is 5. The molecular weight excluding hydrogens is 418 g/mol. The minimum atomic E-state index is -0.0785. The molecule has 1 aromatic carbocycles. The van der Waals surface area contributed by atoms with Crippen LogP contribution in [0.3, 0.4) is 0 Å². The summed E-state index contributed by atoms with van der Waals surface area (Å²) in [6, 6.07) is 10.2. The molecule has 7 nitrogen and oxygen atoms in total. The Labute approximate surface area is 194 Å². The van der Waals surface area contributed by atoms with Gasteiger partial charge in [0.15, 0.2) is 0 Å². The molecule has 2 N–H and O–H groups in total. The SMILES string of the molecule is CN1CCc2c(sc3c2C(N)N(CCCN2CCN(c4ccccc4C#N)CC2)C=N3)C1. The maximum Gasteiger partial charge on any atom is 0.124 e. The number of thiophene rings is 1. The van der Waals surface area contributed by atoms with Gasteiger partial charge in [0.05, 0.1) is 17.6 Å². The van der Waals surface area contributed by atoms with E-state index in [9.17, 15) is 5.26 Å². The number of para-hydroxylation sites is 1. The van der Waals surface area contributed by atoms with Gasteiger partial charge in [-0.3, -0.25) is 4.90 Å². The fourth-order valence-corrected chi connectivity index (χ4v) is 6.34. The highest BCUT2D eigenvalue weighted by atomic mass is 32.1. The Hall–Kier alpha value is -2.44. The van der Waals surface area contributed by atoms with Crippen LogP contribution in [0, 0.1) is 11.3 Å². The highest BCUT2D eigenvalue weighted by Gasteiger charge is 2.30. The summed E-state index contributed by atoms with van der Waals surface area (Å²) in [5.41, 5.74) is 11.2. The first kappa shape index (κ1) is 21.4. The van der Waals surface area contributed by atoms with Gasteiger partial charge in [0.1, 0.15) is 17.2 Å². The standard InChI is InChI=1S/C24H31N7S/c1-28-10-7-19-21(16-28)32-24-22(19)23(26)31(17-27-24)9-4-8-29-11-13-30(14-12-29)20-6-3-2-5-18(20)15-25/h2-3,5-6,17,23H,4,7-14,16,26H2,1H3. The van der Waals surface area contributed by atoms with Crippen LogP contribution in [0.1, 0.15) is 34.2 Å². The smallest absolute Gasteiger partial charge is 0.124 e. The molecule has 4 heterocycles. The Balaban J connectivity index is 1.13. The van der Waals surface area contributed by atoms with Crippen molar-refractivity contribution in [3.63, 3.8) is 0 Å². The molecule has 0 bridgehead atoms. The fraction of sp³-hybridized carbons (Fsp3) is 0.500. The third kappa shape index (κ3) is 4.14. The molecule has 1 unspecified atom stereocenters. The number of nitriles is 1. The van der Waals surface area contributed by atoms with Crippen LogP contribution >= 0.6 is 11.3 Å². The molecule has 0 amide bonds. The van der Waals surface area contributed by atoms with Crippen LogP contribution in [0.5, 0.6) is 0 Å². The average molecular weight is 450 g/mol. The summed E-state index contributed by atoms with van der Waals surface area (Å²) in [5.74, 6) is 0. The second kappa shape index (κ2) is 9.20. The first-order valence-corrected chi connectivity index (χ1v) is 12.3. The van der Waals surface area contributed by atoms with Crippen LogP contribution in [0.2, 0.25) is 0 Å². The molecule has 168 valence electrons. The van der Waals surface area contributed by atoms with Gasteiger partial charge < -0.3 is 20.4 Å². The van der Waals surface area contributed by atoms with E-state index >= 15 is 0 Å². The highest BCUT2D eigenvalue weighted by Crippen LogP contribution is 2.43. The quantitative estimate of drug-likeness (QED) is 0.757. The maximum absolute atomic E-state index is 9.37. The molecule has 1 aromatic heterocycles. The van der Waals surface area contributed by atoms with Gasteiger partial charge in [0, 0.05) is 56.3 Å². The molecule has 3 aliphatic rings. The number of nitrogens with zero attached hydrogens (tertiary/aromatic N) is 6. The molecule has 3 aliphatic heterocycles. The van der Waals surface area contributed by atoms with Crippen molar-refractivity contribution in [2.75, 3.05) is 57.8 Å². The van der Waals surface area contributed by atoms with Crippen LogP contribution in [0.4, 0.5) is 10.7 Å². The Morgan fingerprint density at radius 2 is 1.97 bits per heavy atom. The fourth-order valence-electron chi connectivity index (χ4n) is 5.04. The number of piperazine rings is 1. The summed E-state index contributed by atoms with van der Waals surface area (Å²) in [4.78, 5) is 15.6. The van der Waals surface area contributed by atoms with E-state index in [0.29, 0.717) is 0 Å². The molecule has 32 heavy (non-hydrogen) atoms. The Kier molecular flexibility index (Phi) is 6.15. The van der Waals surface area contributed by atoms with Gasteiger partial charge in [0.2, 0.25) is 0 Å². The highest BCUT2D eigenvalue weighted by molar-refractivity contribution is 7.16. The molecule has 0 spiro atoms. The molecule has 1 atom stereocenters. The molecule has 8 heteroatoms.